The van der Waals surface area contributed by atoms with Crippen molar-refractivity contribution in [1.29, 1.82) is 0 Å². The molecule has 0 fully saturated rings. The van der Waals surface area contributed by atoms with E-state index in [-0.39, 0.29) is 0 Å². The molecule has 1 nitrogen and oxygen atoms in total. The SMILES string of the molecule is Clc1ccc2ccc(CBr)nc2c1.c1ccc(P(c2ccccc2)c2ccccc2)cc1. The van der Waals surface area contributed by atoms with Gasteiger partial charge >= 0.3 is 0 Å². The lowest BCUT2D eigenvalue weighted by atomic mass is 10.2. The molecule has 0 aliphatic heterocycles. The number of pyridine rings is 1. The van der Waals surface area contributed by atoms with Gasteiger partial charge in [0.1, 0.15) is 0 Å². The molecule has 5 rings (SSSR count). The highest BCUT2D eigenvalue weighted by Crippen LogP contribution is 2.32. The molecule has 32 heavy (non-hydrogen) atoms. The van der Waals surface area contributed by atoms with Gasteiger partial charge in [0.05, 0.1) is 11.2 Å². The van der Waals surface area contributed by atoms with Gasteiger partial charge in [0.25, 0.3) is 0 Å². The molecule has 0 atom stereocenters. The number of benzene rings is 4. The maximum Gasteiger partial charge on any atom is 0.0720 e. The van der Waals surface area contributed by atoms with Crippen molar-refractivity contribution < 1.29 is 0 Å². The Morgan fingerprint density at radius 3 is 1.56 bits per heavy atom. The molecule has 0 radical (unpaired) electrons. The molecule has 0 N–H and O–H groups in total. The average Bonchev–Trinajstić information content (AvgIpc) is 2.86. The number of alkyl halides is 1. The standard InChI is InChI=1S/C18H15P.C10H7BrClN/c1-4-10-16(11-5-1)19(17-12-6-2-7-13-17)18-14-8-3-9-15-18;11-6-9-4-2-7-1-3-8(12)5-10(7)13-9/h1-15H;1-5H,6H2. The minimum atomic E-state index is -0.446. The quantitative estimate of drug-likeness (QED) is 0.181. The van der Waals surface area contributed by atoms with Gasteiger partial charge in [0.15, 0.2) is 0 Å². The zero-order valence-corrected chi connectivity index (χ0v) is 20.6. The summed E-state index contributed by atoms with van der Waals surface area (Å²) in [4.78, 5) is 4.42. The van der Waals surface area contributed by atoms with Crippen molar-refractivity contribution in [3.05, 3.63) is 132 Å². The Hall–Kier alpha value is -2.51. The van der Waals surface area contributed by atoms with E-state index in [9.17, 15) is 0 Å². The summed E-state index contributed by atoms with van der Waals surface area (Å²) < 4.78 is 0. The first-order chi connectivity index (χ1) is 15.7. The first-order valence-corrected chi connectivity index (χ1v) is 13.1. The van der Waals surface area contributed by atoms with Gasteiger partial charge in [-0.1, -0.05) is 131 Å². The van der Waals surface area contributed by atoms with Gasteiger partial charge in [0, 0.05) is 15.7 Å². The topological polar surface area (TPSA) is 12.9 Å². The van der Waals surface area contributed by atoms with E-state index in [2.05, 4.69) is 118 Å². The molecular formula is C28H22BrClNP. The second-order valence-corrected chi connectivity index (χ2v) is 10.3. The van der Waals surface area contributed by atoms with Crippen LogP contribution in [0.25, 0.3) is 10.9 Å². The zero-order valence-electron chi connectivity index (χ0n) is 17.4. The van der Waals surface area contributed by atoms with Crippen LogP contribution in [0.3, 0.4) is 0 Å². The lowest BCUT2D eigenvalue weighted by Crippen LogP contribution is -2.20. The average molecular weight is 519 g/mol. The third kappa shape index (κ3) is 5.84. The van der Waals surface area contributed by atoms with Crippen molar-refractivity contribution >= 4 is 62.3 Å². The molecule has 5 aromatic rings. The molecule has 0 saturated carbocycles. The van der Waals surface area contributed by atoms with Crippen LogP contribution in [0.5, 0.6) is 0 Å². The molecule has 1 aromatic heterocycles. The molecule has 0 amide bonds. The lowest BCUT2D eigenvalue weighted by molar-refractivity contribution is 1.24. The number of rotatable bonds is 4. The number of hydrogen-bond donors (Lipinski definition) is 0. The molecule has 0 unspecified atom stereocenters. The number of hydrogen-bond acceptors (Lipinski definition) is 1. The molecular weight excluding hydrogens is 497 g/mol. The zero-order chi connectivity index (χ0) is 22.2. The smallest absolute Gasteiger partial charge is 0.0720 e. The normalized spacial score (nSPS) is 10.6. The largest absolute Gasteiger partial charge is 0.252 e. The third-order valence-electron chi connectivity index (χ3n) is 4.89. The van der Waals surface area contributed by atoms with Crippen LogP contribution >= 0.6 is 35.5 Å². The van der Waals surface area contributed by atoms with E-state index in [4.69, 9.17) is 11.6 Å². The fourth-order valence-electron chi connectivity index (χ4n) is 3.39. The number of aromatic nitrogens is 1. The maximum absolute atomic E-state index is 5.86. The summed E-state index contributed by atoms with van der Waals surface area (Å²) in [5.41, 5.74) is 1.97. The summed E-state index contributed by atoms with van der Waals surface area (Å²) >= 11 is 9.23. The highest BCUT2D eigenvalue weighted by molar-refractivity contribution is 9.08. The van der Waals surface area contributed by atoms with Gasteiger partial charge in [0.2, 0.25) is 0 Å². The van der Waals surface area contributed by atoms with Gasteiger partial charge in [-0.25, -0.2) is 0 Å². The Balaban J connectivity index is 0.000000165. The van der Waals surface area contributed by atoms with Gasteiger partial charge in [-0.2, -0.15) is 0 Å². The van der Waals surface area contributed by atoms with Crippen molar-refractivity contribution in [3.63, 3.8) is 0 Å². The van der Waals surface area contributed by atoms with E-state index in [1.54, 1.807) is 0 Å². The number of fused-ring (bicyclic) bond motifs is 1. The highest BCUT2D eigenvalue weighted by atomic mass is 79.9. The molecule has 4 aromatic carbocycles. The molecule has 0 aliphatic carbocycles. The molecule has 4 heteroatoms. The predicted octanol–water partition coefficient (Wildman–Crippen LogP) is 7.23. The van der Waals surface area contributed by atoms with Crippen LogP contribution in [-0.4, -0.2) is 4.98 Å². The Morgan fingerprint density at radius 1 is 0.625 bits per heavy atom. The van der Waals surface area contributed by atoms with Crippen LogP contribution < -0.4 is 15.9 Å². The first-order valence-electron chi connectivity index (χ1n) is 10.3. The summed E-state index contributed by atoms with van der Waals surface area (Å²) in [5.74, 6) is 0. The second kappa shape index (κ2) is 11.4. The summed E-state index contributed by atoms with van der Waals surface area (Å²) in [6, 6.07) is 42.1. The first kappa shape index (κ1) is 22.7. The van der Waals surface area contributed by atoms with Crippen LogP contribution in [0, 0.1) is 0 Å². The van der Waals surface area contributed by atoms with E-state index in [1.807, 2.05) is 24.3 Å². The summed E-state index contributed by atoms with van der Waals surface area (Å²) in [5, 5.41) is 6.82. The van der Waals surface area contributed by atoms with Crippen molar-refractivity contribution in [1.82, 2.24) is 4.98 Å². The van der Waals surface area contributed by atoms with Gasteiger partial charge in [-0.05, 0) is 42.0 Å². The summed E-state index contributed by atoms with van der Waals surface area (Å²) in [6.45, 7) is 0. The highest BCUT2D eigenvalue weighted by Gasteiger charge is 2.14. The molecule has 158 valence electrons. The Bertz CT molecular complexity index is 1170. The van der Waals surface area contributed by atoms with Crippen LogP contribution in [0.1, 0.15) is 5.69 Å². The minimum Gasteiger partial charge on any atom is -0.252 e. The van der Waals surface area contributed by atoms with Gasteiger partial charge in [-0.3, -0.25) is 4.98 Å². The molecule has 0 bridgehead atoms. The van der Waals surface area contributed by atoms with E-state index < -0.39 is 7.92 Å². The summed E-state index contributed by atoms with van der Waals surface area (Å²) in [7, 11) is -0.446. The van der Waals surface area contributed by atoms with Crippen molar-refractivity contribution in [2.45, 2.75) is 5.33 Å². The monoisotopic (exact) mass is 517 g/mol. The van der Waals surface area contributed by atoms with Crippen LogP contribution in [0.2, 0.25) is 5.02 Å². The molecule has 0 saturated heterocycles. The predicted molar refractivity (Wildman–Crippen MR) is 145 cm³/mol. The Labute approximate surface area is 204 Å². The maximum atomic E-state index is 5.86. The van der Waals surface area contributed by atoms with E-state index in [0.717, 1.165) is 26.9 Å². The minimum absolute atomic E-state index is 0.446. The fourth-order valence-corrected chi connectivity index (χ4v) is 6.17. The Kier molecular flexibility index (Phi) is 8.07. The van der Waals surface area contributed by atoms with Crippen LogP contribution in [-0.2, 0) is 5.33 Å². The van der Waals surface area contributed by atoms with Gasteiger partial charge in [-0.15, -0.1) is 0 Å². The third-order valence-corrected chi connectivity index (χ3v) is 8.15. The number of halogens is 2. The van der Waals surface area contributed by atoms with Crippen LogP contribution in [0.15, 0.2) is 121 Å². The van der Waals surface area contributed by atoms with E-state index in [1.165, 1.54) is 15.9 Å². The molecule has 1 heterocycles. The summed E-state index contributed by atoms with van der Waals surface area (Å²) in [6.07, 6.45) is 0. The van der Waals surface area contributed by atoms with E-state index >= 15 is 0 Å². The fraction of sp³-hybridized carbons (Fsp3) is 0.0357. The van der Waals surface area contributed by atoms with Crippen molar-refractivity contribution in [2.75, 3.05) is 0 Å². The van der Waals surface area contributed by atoms with Crippen molar-refractivity contribution in [2.24, 2.45) is 0 Å². The van der Waals surface area contributed by atoms with Crippen LogP contribution in [0.4, 0.5) is 0 Å². The lowest BCUT2D eigenvalue weighted by Gasteiger charge is -2.18. The molecule has 0 aliphatic rings. The molecule has 0 spiro atoms. The van der Waals surface area contributed by atoms with Crippen molar-refractivity contribution in [3.8, 4) is 0 Å². The van der Waals surface area contributed by atoms with Gasteiger partial charge < -0.3 is 0 Å². The number of nitrogens with zero attached hydrogens (tertiary/aromatic N) is 1. The second-order valence-electron chi connectivity index (χ2n) is 7.12. The Morgan fingerprint density at radius 2 is 1.09 bits per heavy atom. The van der Waals surface area contributed by atoms with E-state index in [0.29, 0.717) is 0 Å².